The summed E-state index contributed by atoms with van der Waals surface area (Å²) in [5.74, 6) is 2.05. The van der Waals surface area contributed by atoms with E-state index in [4.69, 9.17) is 0 Å². The first kappa shape index (κ1) is 13.0. The minimum atomic E-state index is 0.461. The van der Waals surface area contributed by atoms with Gasteiger partial charge in [-0.3, -0.25) is 4.98 Å². The van der Waals surface area contributed by atoms with Gasteiger partial charge in [-0.05, 0) is 37.9 Å². The molecule has 0 amide bonds. The highest BCUT2D eigenvalue weighted by Crippen LogP contribution is 2.23. The highest BCUT2D eigenvalue weighted by Gasteiger charge is 2.17. The molecule has 0 aliphatic carbocycles. The van der Waals surface area contributed by atoms with Crippen LogP contribution in [0.2, 0.25) is 0 Å². The van der Waals surface area contributed by atoms with Gasteiger partial charge in [0.25, 0.3) is 0 Å². The number of aryl methyl sites for hydroxylation is 1. The highest BCUT2D eigenvalue weighted by molar-refractivity contribution is 5.54. The van der Waals surface area contributed by atoms with Crippen molar-refractivity contribution < 1.29 is 0 Å². The maximum Gasteiger partial charge on any atom is 0.150 e. The summed E-state index contributed by atoms with van der Waals surface area (Å²) in [4.78, 5) is 13.3. The third-order valence-electron chi connectivity index (χ3n) is 3.62. The molecule has 0 radical (unpaired) electrons. The number of nitrogens with zero attached hydrogens (tertiary/aromatic N) is 3. The Morgan fingerprint density at radius 2 is 2.30 bits per heavy atom. The Labute approximate surface area is 118 Å². The highest BCUT2D eigenvalue weighted by atomic mass is 15.1. The standard InChI is InChI=1S/C15H19N5/c1-11-4-2-7-18-15(11)20-14-10-17-9-13(19-14)12-5-3-6-16-8-12/h2,4,7,9-10,12,16H,3,5-6,8H2,1H3,(H,18,19,20)/t12-/m0/s1. The van der Waals surface area contributed by atoms with Gasteiger partial charge in [-0.2, -0.15) is 0 Å². The van der Waals surface area contributed by atoms with Crippen molar-refractivity contribution >= 4 is 11.6 Å². The van der Waals surface area contributed by atoms with E-state index in [9.17, 15) is 0 Å². The van der Waals surface area contributed by atoms with Gasteiger partial charge < -0.3 is 10.6 Å². The fourth-order valence-corrected chi connectivity index (χ4v) is 2.48. The van der Waals surface area contributed by atoms with E-state index < -0.39 is 0 Å². The predicted molar refractivity (Wildman–Crippen MR) is 79.1 cm³/mol. The lowest BCUT2D eigenvalue weighted by Crippen LogP contribution is -2.29. The molecular formula is C15H19N5. The summed E-state index contributed by atoms with van der Waals surface area (Å²) < 4.78 is 0. The first-order chi connectivity index (χ1) is 9.83. The summed E-state index contributed by atoms with van der Waals surface area (Å²) in [6.07, 6.45) is 7.76. The normalized spacial score (nSPS) is 18.8. The van der Waals surface area contributed by atoms with Crippen LogP contribution in [0.5, 0.6) is 0 Å². The molecule has 1 fully saturated rings. The summed E-state index contributed by atoms with van der Waals surface area (Å²) in [5.41, 5.74) is 2.15. The van der Waals surface area contributed by atoms with E-state index in [1.54, 1.807) is 12.4 Å². The zero-order valence-corrected chi connectivity index (χ0v) is 11.6. The first-order valence-corrected chi connectivity index (χ1v) is 7.04. The maximum atomic E-state index is 4.68. The van der Waals surface area contributed by atoms with E-state index in [0.717, 1.165) is 36.0 Å². The topological polar surface area (TPSA) is 62.7 Å². The quantitative estimate of drug-likeness (QED) is 0.896. The molecule has 2 N–H and O–H groups in total. The Balaban J connectivity index is 1.79. The molecule has 104 valence electrons. The average molecular weight is 269 g/mol. The number of rotatable bonds is 3. The third-order valence-corrected chi connectivity index (χ3v) is 3.62. The summed E-state index contributed by atoms with van der Waals surface area (Å²) in [6, 6.07) is 3.95. The van der Waals surface area contributed by atoms with Gasteiger partial charge in [0.1, 0.15) is 11.6 Å². The van der Waals surface area contributed by atoms with Crippen molar-refractivity contribution in [1.29, 1.82) is 0 Å². The van der Waals surface area contributed by atoms with Gasteiger partial charge in [-0.25, -0.2) is 9.97 Å². The number of hydrogen-bond donors (Lipinski definition) is 2. The number of pyridine rings is 1. The van der Waals surface area contributed by atoms with E-state index in [0.29, 0.717) is 5.92 Å². The molecule has 5 heteroatoms. The van der Waals surface area contributed by atoms with E-state index in [-0.39, 0.29) is 0 Å². The lowest BCUT2D eigenvalue weighted by Gasteiger charge is -2.22. The second-order valence-electron chi connectivity index (χ2n) is 5.17. The van der Waals surface area contributed by atoms with Crippen LogP contribution in [0.25, 0.3) is 0 Å². The van der Waals surface area contributed by atoms with Crippen molar-refractivity contribution in [2.45, 2.75) is 25.7 Å². The fraction of sp³-hybridized carbons (Fsp3) is 0.400. The molecule has 20 heavy (non-hydrogen) atoms. The monoisotopic (exact) mass is 269 g/mol. The Kier molecular flexibility index (Phi) is 3.87. The van der Waals surface area contributed by atoms with E-state index in [2.05, 4.69) is 25.6 Å². The number of anilines is 2. The summed E-state index contributed by atoms with van der Waals surface area (Å²) in [7, 11) is 0. The molecule has 0 saturated carbocycles. The zero-order valence-electron chi connectivity index (χ0n) is 11.6. The van der Waals surface area contributed by atoms with Gasteiger partial charge in [0, 0.05) is 24.9 Å². The summed E-state index contributed by atoms with van der Waals surface area (Å²) in [5, 5.41) is 6.66. The molecule has 1 aliphatic heterocycles. The van der Waals surface area contributed by atoms with Crippen LogP contribution in [0.4, 0.5) is 11.6 Å². The Bertz CT molecular complexity index is 578. The van der Waals surface area contributed by atoms with E-state index in [1.807, 2.05) is 25.3 Å². The van der Waals surface area contributed by atoms with Crippen molar-refractivity contribution in [3.05, 3.63) is 42.0 Å². The number of hydrogen-bond acceptors (Lipinski definition) is 5. The summed E-state index contributed by atoms with van der Waals surface area (Å²) >= 11 is 0. The Hall–Kier alpha value is -2.01. The van der Waals surface area contributed by atoms with Gasteiger partial charge in [-0.15, -0.1) is 0 Å². The van der Waals surface area contributed by atoms with Crippen molar-refractivity contribution in [2.24, 2.45) is 0 Å². The Morgan fingerprint density at radius 1 is 1.35 bits per heavy atom. The van der Waals surface area contributed by atoms with Crippen LogP contribution in [-0.4, -0.2) is 28.0 Å². The molecule has 1 saturated heterocycles. The molecule has 3 heterocycles. The Morgan fingerprint density at radius 3 is 3.10 bits per heavy atom. The van der Waals surface area contributed by atoms with Crippen LogP contribution >= 0.6 is 0 Å². The summed E-state index contributed by atoms with van der Waals surface area (Å²) in [6.45, 7) is 4.12. The predicted octanol–water partition coefficient (Wildman–Crippen LogP) is 2.39. The molecule has 1 atom stereocenters. The van der Waals surface area contributed by atoms with Crippen molar-refractivity contribution in [2.75, 3.05) is 18.4 Å². The van der Waals surface area contributed by atoms with Gasteiger partial charge in [-0.1, -0.05) is 6.07 Å². The average Bonchev–Trinajstić information content (AvgIpc) is 2.51. The van der Waals surface area contributed by atoms with Gasteiger partial charge in [0.05, 0.1) is 11.9 Å². The SMILES string of the molecule is Cc1cccnc1Nc1cncc([C@H]2CCCNC2)n1. The molecule has 0 aromatic carbocycles. The molecule has 3 rings (SSSR count). The molecule has 2 aromatic heterocycles. The third kappa shape index (κ3) is 2.93. The van der Waals surface area contributed by atoms with Crippen molar-refractivity contribution in [3.8, 4) is 0 Å². The van der Waals surface area contributed by atoms with Crippen molar-refractivity contribution in [3.63, 3.8) is 0 Å². The van der Waals surface area contributed by atoms with E-state index >= 15 is 0 Å². The van der Waals surface area contributed by atoms with Gasteiger partial charge in [0.15, 0.2) is 0 Å². The van der Waals surface area contributed by atoms with Crippen LogP contribution in [0, 0.1) is 6.92 Å². The largest absolute Gasteiger partial charge is 0.323 e. The first-order valence-electron chi connectivity index (χ1n) is 7.04. The van der Waals surface area contributed by atoms with Crippen molar-refractivity contribution in [1.82, 2.24) is 20.3 Å². The zero-order chi connectivity index (χ0) is 13.8. The molecule has 0 spiro atoms. The van der Waals surface area contributed by atoms with Crippen LogP contribution in [0.15, 0.2) is 30.7 Å². The molecule has 1 aliphatic rings. The number of aromatic nitrogens is 3. The van der Waals surface area contributed by atoms with E-state index in [1.165, 1.54) is 12.8 Å². The molecule has 2 aromatic rings. The smallest absolute Gasteiger partial charge is 0.150 e. The molecular weight excluding hydrogens is 250 g/mol. The number of nitrogens with one attached hydrogen (secondary N) is 2. The molecule has 0 bridgehead atoms. The second kappa shape index (κ2) is 5.96. The van der Waals surface area contributed by atoms with Gasteiger partial charge >= 0.3 is 0 Å². The van der Waals surface area contributed by atoms with Crippen LogP contribution in [0.3, 0.4) is 0 Å². The molecule has 0 unspecified atom stereocenters. The fourth-order valence-electron chi connectivity index (χ4n) is 2.48. The van der Waals surface area contributed by atoms with Crippen LogP contribution in [0.1, 0.15) is 30.0 Å². The maximum absolute atomic E-state index is 4.68. The van der Waals surface area contributed by atoms with Gasteiger partial charge in [0.2, 0.25) is 0 Å². The number of piperidine rings is 1. The second-order valence-corrected chi connectivity index (χ2v) is 5.17. The van der Waals surface area contributed by atoms with Crippen LogP contribution < -0.4 is 10.6 Å². The molecule has 5 nitrogen and oxygen atoms in total. The lowest BCUT2D eigenvalue weighted by atomic mass is 9.96. The van der Waals surface area contributed by atoms with Crippen LogP contribution in [-0.2, 0) is 0 Å². The minimum Gasteiger partial charge on any atom is -0.323 e. The minimum absolute atomic E-state index is 0.461. The lowest BCUT2D eigenvalue weighted by molar-refractivity contribution is 0.454.